The number of hydrogen-bond donors (Lipinski definition) is 2. The van der Waals surface area contributed by atoms with E-state index in [4.69, 9.17) is 4.98 Å². The number of carbonyl (C=O) groups is 1. The molecule has 1 amide bonds. The largest absolute Gasteiger partial charge is 0.383 e. The molecule has 2 N–H and O–H groups in total. The standard InChI is InChI=1S/C31H31N5O/c1-4-21(20-35(2)3)22-9-11-23(12-10-22)25-19-33-29-24(13-16-32-29)28(25)36-17-14-31(15-18-36)26-7-5-6-8-27(26)34-30(31)37/h4-13,16,19-20H,1,14-15,17-18H2,2-3H3,(H,32,33)(H,34,37)/b21-20+. The molecule has 0 bridgehead atoms. The molecule has 1 fully saturated rings. The third-order valence-electron chi connectivity index (χ3n) is 7.76. The van der Waals surface area contributed by atoms with Crippen molar-refractivity contribution in [2.24, 2.45) is 0 Å². The lowest BCUT2D eigenvalue weighted by Crippen LogP contribution is -2.46. The minimum atomic E-state index is -0.445. The normalized spacial score (nSPS) is 16.6. The van der Waals surface area contributed by atoms with E-state index in [1.54, 1.807) is 0 Å². The Morgan fingerprint density at radius 2 is 1.84 bits per heavy atom. The fourth-order valence-corrected chi connectivity index (χ4v) is 5.89. The van der Waals surface area contributed by atoms with Crippen molar-refractivity contribution in [2.45, 2.75) is 18.3 Å². The molecule has 37 heavy (non-hydrogen) atoms. The van der Waals surface area contributed by atoms with Crippen LogP contribution in [0.2, 0.25) is 0 Å². The summed E-state index contributed by atoms with van der Waals surface area (Å²) in [7, 11) is 4.02. The number of aromatic amines is 1. The van der Waals surface area contributed by atoms with Crippen molar-refractivity contribution in [3.63, 3.8) is 0 Å². The lowest BCUT2D eigenvalue weighted by Gasteiger charge is -2.40. The highest BCUT2D eigenvalue weighted by Crippen LogP contribution is 2.47. The second-order valence-corrected chi connectivity index (χ2v) is 10.2. The summed E-state index contributed by atoms with van der Waals surface area (Å²) in [6.45, 7) is 5.57. The molecule has 0 atom stereocenters. The highest BCUT2D eigenvalue weighted by molar-refractivity contribution is 6.06. The zero-order valence-corrected chi connectivity index (χ0v) is 21.3. The molecule has 0 saturated carbocycles. The molecule has 4 heterocycles. The van der Waals surface area contributed by atoms with Gasteiger partial charge in [0.15, 0.2) is 0 Å². The molecule has 6 heteroatoms. The molecule has 2 aliphatic rings. The molecule has 6 rings (SSSR count). The second-order valence-electron chi connectivity index (χ2n) is 10.2. The molecule has 0 unspecified atom stereocenters. The predicted molar refractivity (Wildman–Crippen MR) is 152 cm³/mol. The third kappa shape index (κ3) is 3.80. The van der Waals surface area contributed by atoms with E-state index in [-0.39, 0.29) is 5.91 Å². The van der Waals surface area contributed by atoms with Crippen LogP contribution >= 0.6 is 0 Å². The molecule has 0 aliphatic carbocycles. The number of carbonyl (C=O) groups excluding carboxylic acids is 1. The molecular weight excluding hydrogens is 458 g/mol. The summed E-state index contributed by atoms with van der Waals surface area (Å²) in [5.41, 5.74) is 8.12. The van der Waals surface area contributed by atoms with Crippen LogP contribution in [0.15, 0.2) is 85.8 Å². The van der Waals surface area contributed by atoms with Gasteiger partial charge in [-0.3, -0.25) is 4.79 Å². The number of hydrogen-bond acceptors (Lipinski definition) is 4. The summed E-state index contributed by atoms with van der Waals surface area (Å²) >= 11 is 0. The van der Waals surface area contributed by atoms with Crippen molar-refractivity contribution in [3.8, 4) is 11.1 Å². The highest BCUT2D eigenvalue weighted by Gasteiger charge is 2.48. The Kier molecular flexibility index (Phi) is 5.60. The number of benzene rings is 2. The quantitative estimate of drug-likeness (QED) is 0.347. The molecule has 2 aromatic heterocycles. The lowest BCUT2D eigenvalue weighted by molar-refractivity contribution is -0.121. The Bertz CT molecular complexity index is 1520. The molecule has 2 aliphatic heterocycles. The van der Waals surface area contributed by atoms with Gasteiger partial charge in [0.25, 0.3) is 0 Å². The first-order chi connectivity index (χ1) is 18.0. The first-order valence-corrected chi connectivity index (χ1v) is 12.7. The van der Waals surface area contributed by atoms with Gasteiger partial charge in [0.2, 0.25) is 5.91 Å². The fraction of sp³-hybridized carbons (Fsp3) is 0.226. The van der Waals surface area contributed by atoms with Gasteiger partial charge in [0.05, 0.1) is 11.1 Å². The first-order valence-electron chi connectivity index (χ1n) is 12.7. The average Bonchev–Trinajstić information content (AvgIpc) is 3.50. The summed E-state index contributed by atoms with van der Waals surface area (Å²) in [6, 6.07) is 18.8. The SMILES string of the molecule is C=C/C(=C\N(C)C)c1ccc(-c2cnc3[nH]ccc3c2N2CCC3(CC2)C(=O)Nc2ccccc23)cc1. The van der Waals surface area contributed by atoms with Gasteiger partial charge < -0.3 is 20.1 Å². The van der Waals surface area contributed by atoms with Gasteiger partial charge in [0, 0.05) is 62.4 Å². The van der Waals surface area contributed by atoms with Crippen molar-refractivity contribution >= 4 is 33.9 Å². The van der Waals surface area contributed by atoms with Gasteiger partial charge in [-0.05, 0) is 47.2 Å². The van der Waals surface area contributed by atoms with Gasteiger partial charge in [0.1, 0.15) is 5.65 Å². The number of fused-ring (bicyclic) bond motifs is 3. The Labute approximate surface area is 217 Å². The van der Waals surface area contributed by atoms with E-state index in [1.165, 1.54) is 5.69 Å². The molecular formula is C31H31N5O. The van der Waals surface area contributed by atoms with E-state index >= 15 is 0 Å². The summed E-state index contributed by atoms with van der Waals surface area (Å²) in [4.78, 5) is 25.6. The molecule has 6 nitrogen and oxygen atoms in total. The van der Waals surface area contributed by atoms with E-state index in [1.807, 2.05) is 55.7 Å². The van der Waals surface area contributed by atoms with Crippen LogP contribution in [0, 0.1) is 0 Å². The number of allylic oxidation sites excluding steroid dienone is 2. The molecule has 0 radical (unpaired) electrons. The molecule has 1 spiro atoms. The van der Waals surface area contributed by atoms with Crippen LogP contribution in [0.4, 0.5) is 11.4 Å². The number of aromatic nitrogens is 2. The number of rotatable bonds is 5. The number of nitrogens with zero attached hydrogens (tertiary/aromatic N) is 3. The Morgan fingerprint density at radius 3 is 2.57 bits per heavy atom. The van der Waals surface area contributed by atoms with Crippen LogP contribution in [0.1, 0.15) is 24.0 Å². The fourth-order valence-electron chi connectivity index (χ4n) is 5.89. The van der Waals surface area contributed by atoms with Gasteiger partial charge in [-0.2, -0.15) is 0 Å². The van der Waals surface area contributed by atoms with Crippen LogP contribution in [-0.4, -0.2) is 48.0 Å². The summed E-state index contributed by atoms with van der Waals surface area (Å²) in [6.07, 6.45) is 9.43. The maximum atomic E-state index is 13.1. The summed E-state index contributed by atoms with van der Waals surface area (Å²) in [5.74, 6) is 0.134. The van der Waals surface area contributed by atoms with Gasteiger partial charge in [-0.15, -0.1) is 0 Å². The van der Waals surface area contributed by atoms with E-state index in [2.05, 4.69) is 64.4 Å². The van der Waals surface area contributed by atoms with Crippen LogP contribution in [0.25, 0.3) is 27.7 Å². The number of pyridine rings is 1. The van der Waals surface area contributed by atoms with Crippen molar-refractivity contribution in [2.75, 3.05) is 37.4 Å². The monoisotopic (exact) mass is 489 g/mol. The predicted octanol–water partition coefficient (Wildman–Crippen LogP) is 5.81. The topological polar surface area (TPSA) is 64.3 Å². The zero-order valence-electron chi connectivity index (χ0n) is 21.3. The Hall–Kier alpha value is -4.32. The molecule has 2 aromatic carbocycles. The summed E-state index contributed by atoms with van der Waals surface area (Å²) in [5, 5.41) is 4.22. The zero-order chi connectivity index (χ0) is 25.6. The Morgan fingerprint density at radius 1 is 1.08 bits per heavy atom. The van der Waals surface area contributed by atoms with Gasteiger partial charge in [-0.25, -0.2) is 4.98 Å². The smallest absolute Gasteiger partial charge is 0.235 e. The summed E-state index contributed by atoms with van der Waals surface area (Å²) < 4.78 is 0. The number of piperidine rings is 1. The molecule has 186 valence electrons. The molecule has 4 aromatic rings. The molecule has 1 saturated heterocycles. The lowest BCUT2D eigenvalue weighted by atomic mass is 9.73. The van der Waals surface area contributed by atoms with Gasteiger partial charge >= 0.3 is 0 Å². The minimum Gasteiger partial charge on any atom is -0.383 e. The van der Waals surface area contributed by atoms with Crippen LogP contribution in [0.5, 0.6) is 0 Å². The van der Waals surface area contributed by atoms with Crippen molar-refractivity contribution < 1.29 is 4.79 Å². The van der Waals surface area contributed by atoms with Crippen LogP contribution in [0.3, 0.4) is 0 Å². The number of nitrogens with one attached hydrogen (secondary N) is 2. The maximum absolute atomic E-state index is 13.1. The van der Waals surface area contributed by atoms with Crippen molar-refractivity contribution in [3.05, 3.63) is 97.0 Å². The highest BCUT2D eigenvalue weighted by atomic mass is 16.2. The average molecular weight is 490 g/mol. The van der Waals surface area contributed by atoms with Crippen molar-refractivity contribution in [1.82, 2.24) is 14.9 Å². The third-order valence-corrected chi connectivity index (χ3v) is 7.76. The van der Waals surface area contributed by atoms with E-state index in [0.717, 1.165) is 70.5 Å². The number of amides is 1. The first kappa shape index (κ1) is 23.1. The van der Waals surface area contributed by atoms with E-state index in [9.17, 15) is 4.79 Å². The van der Waals surface area contributed by atoms with Crippen LogP contribution in [-0.2, 0) is 10.2 Å². The van der Waals surface area contributed by atoms with Crippen LogP contribution < -0.4 is 10.2 Å². The number of anilines is 2. The maximum Gasteiger partial charge on any atom is 0.235 e. The Balaban J connectivity index is 1.36. The number of para-hydroxylation sites is 1. The van der Waals surface area contributed by atoms with E-state index in [0.29, 0.717) is 0 Å². The second kappa shape index (κ2) is 8.96. The minimum absolute atomic E-state index is 0.134. The number of H-pyrrole nitrogens is 1. The van der Waals surface area contributed by atoms with E-state index < -0.39 is 5.41 Å². The van der Waals surface area contributed by atoms with Gasteiger partial charge in [-0.1, -0.05) is 55.1 Å². The van der Waals surface area contributed by atoms with Crippen molar-refractivity contribution in [1.29, 1.82) is 0 Å².